The van der Waals surface area contributed by atoms with Crippen LogP contribution in [0.5, 0.6) is 5.75 Å². The molecule has 4 fully saturated rings. The number of rotatable bonds is 15. The van der Waals surface area contributed by atoms with E-state index in [1.54, 1.807) is 18.5 Å². The van der Waals surface area contributed by atoms with Crippen molar-refractivity contribution in [2.24, 2.45) is 0 Å². The molecule has 0 spiro atoms. The van der Waals surface area contributed by atoms with Crippen molar-refractivity contribution >= 4 is 52.0 Å². The topological polar surface area (TPSA) is 170 Å². The normalized spacial score (nSPS) is 20.9. The Morgan fingerprint density at radius 3 is 2.30 bits per heavy atom. The zero-order valence-corrected chi connectivity index (χ0v) is 35.5. The van der Waals surface area contributed by atoms with Crippen LogP contribution in [0.3, 0.4) is 0 Å². The number of hydrogen-bond acceptors (Lipinski definition) is 12. The van der Waals surface area contributed by atoms with Gasteiger partial charge in [0.25, 0.3) is 5.91 Å². The Hall–Kier alpha value is -6.39. The highest BCUT2D eigenvalue weighted by molar-refractivity contribution is 6.01. The van der Waals surface area contributed by atoms with E-state index in [4.69, 9.17) is 4.74 Å². The number of ether oxygens (including phenoxy) is 1. The first-order chi connectivity index (χ1) is 30.8. The Balaban J connectivity index is 0.662. The van der Waals surface area contributed by atoms with E-state index >= 15 is 0 Å². The van der Waals surface area contributed by atoms with E-state index in [1.807, 2.05) is 53.7 Å². The van der Waals surface area contributed by atoms with Gasteiger partial charge in [0.15, 0.2) is 23.6 Å². The van der Waals surface area contributed by atoms with Crippen LogP contribution in [0.15, 0.2) is 91.5 Å². The van der Waals surface area contributed by atoms with Gasteiger partial charge >= 0.3 is 0 Å². The molecule has 1 atom stereocenters. The Bertz CT molecular complexity index is 2390. The second-order valence-corrected chi connectivity index (χ2v) is 17.0. The van der Waals surface area contributed by atoms with Crippen molar-refractivity contribution in [1.29, 1.82) is 0 Å². The molecule has 2 aromatic heterocycles. The number of benzene rings is 3. The van der Waals surface area contributed by atoms with Crippen LogP contribution in [0.2, 0.25) is 0 Å². The number of carbonyl (C=O) groups excluding carboxylic acids is 4. The molecule has 3 aromatic carbocycles. The number of fused-ring (bicyclic) bond motifs is 1. The molecule has 0 radical (unpaired) electrons. The summed E-state index contributed by atoms with van der Waals surface area (Å²) in [6, 6.07) is 25.9. The van der Waals surface area contributed by atoms with Crippen LogP contribution in [-0.4, -0.2) is 136 Å². The van der Waals surface area contributed by atoms with Crippen LogP contribution in [0.25, 0.3) is 11.2 Å². The van der Waals surface area contributed by atoms with Gasteiger partial charge < -0.3 is 29.7 Å². The lowest BCUT2D eigenvalue weighted by atomic mass is 9.86. The third-order valence-electron chi connectivity index (χ3n) is 12.8. The van der Waals surface area contributed by atoms with Gasteiger partial charge in [-0.3, -0.25) is 34.3 Å². The molecule has 3 saturated heterocycles. The highest BCUT2D eigenvalue weighted by Gasteiger charge is 2.33. The zero-order valence-electron chi connectivity index (χ0n) is 35.5. The first-order valence-corrected chi connectivity index (χ1v) is 22.2. The van der Waals surface area contributed by atoms with Crippen molar-refractivity contribution in [3.05, 3.63) is 103 Å². The molecular formula is C47H55N11O5. The Morgan fingerprint density at radius 1 is 0.810 bits per heavy atom. The number of amides is 4. The third kappa shape index (κ3) is 10.3. The number of imide groups is 1. The predicted molar refractivity (Wildman–Crippen MR) is 239 cm³/mol. The van der Waals surface area contributed by atoms with E-state index < -0.39 is 5.92 Å². The minimum atomic E-state index is -0.390. The lowest BCUT2D eigenvalue weighted by molar-refractivity contribution is -0.136. The van der Waals surface area contributed by atoms with E-state index in [1.165, 1.54) is 5.69 Å². The molecule has 0 bridgehead atoms. The summed E-state index contributed by atoms with van der Waals surface area (Å²) >= 11 is 0. The van der Waals surface area contributed by atoms with E-state index in [9.17, 15) is 19.2 Å². The second-order valence-electron chi connectivity index (χ2n) is 17.0. The molecule has 9 rings (SSSR count). The number of hydrogen-bond donors (Lipinski definition) is 3. The zero-order chi connectivity index (χ0) is 43.1. The Labute approximate surface area is 367 Å². The molecule has 1 aliphatic carbocycles. The first-order valence-electron chi connectivity index (χ1n) is 22.2. The number of nitrogens with one attached hydrogen (secondary N) is 3. The van der Waals surface area contributed by atoms with Crippen LogP contribution in [0.1, 0.15) is 55.2 Å². The standard InChI is InChI=1S/C47H55N11O5/c59-41-15-14-40(47(62)53-41)34-8-4-9-39(27-34)63-30-43(61)57-24-20-55(21-25-57)17-5-16-54-18-22-56(23-19-54)37-12-10-35(11-13-37)52-45-44-46(49-31-48-45)58(32-50-44)38-28-36(29-38)51-42(60)26-33-6-2-1-3-7-33/h1-4,6-13,27,31-32,36,38,40H,5,14-26,28-30H2,(H,51,60)(H,48,49,52)(H,53,59,62)/t36?,38?,40-/m0/s1. The summed E-state index contributed by atoms with van der Waals surface area (Å²) < 4.78 is 7.95. The fourth-order valence-corrected chi connectivity index (χ4v) is 9.13. The maximum absolute atomic E-state index is 13.0. The molecule has 63 heavy (non-hydrogen) atoms. The van der Waals surface area contributed by atoms with Crippen molar-refractivity contribution in [3.8, 4) is 5.75 Å². The highest BCUT2D eigenvalue weighted by Crippen LogP contribution is 2.35. The average Bonchev–Trinajstić information content (AvgIpc) is 3.72. The molecule has 1 saturated carbocycles. The molecule has 3 aliphatic heterocycles. The monoisotopic (exact) mass is 853 g/mol. The van der Waals surface area contributed by atoms with E-state index in [-0.39, 0.29) is 42.3 Å². The fourth-order valence-electron chi connectivity index (χ4n) is 9.13. The molecular weight excluding hydrogens is 799 g/mol. The molecule has 16 nitrogen and oxygen atoms in total. The smallest absolute Gasteiger partial charge is 0.260 e. The quantitative estimate of drug-likeness (QED) is 0.130. The number of imidazole rings is 1. The van der Waals surface area contributed by atoms with Crippen molar-refractivity contribution < 1.29 is 23.9 Å². The highest BCUT2D eigenvalue weighted by atomic mass is 16.5. The average molecular weight is 854 g/mol. The summed E-state index contributed by atoms with van der Waals surface area (Å²) in [6.07, 6.45) is 7.35. The first kappa shape index (κ1) is 41.9. The Kier molecular flexibility index (Phi) is 12.9. The van der Waals surface area contributed by atoms with Gasteiger partial charge in [0.2, 0.25) is 17.7 Å². The number of piperazine rings is 2. The second kappa shape index (κ2) is 19.3. The van der Waals surface area contributed by atoms with Crippen LogP contribution in [0, 0.1) is 0 Å². The van der Waals surface area contributed by atoms with Gasteiger partial charge in [-0.05, 0) is 86.3 Å². The van der Waals surface area contributed by atoms with Gasteiger partial charge in [-0.25, -0.2) is 15.0 Å². The van der Waals surface area contributed by atoms with Gasteiger partial charge in [-0.1, -0.05) is 42.5 Å². The largest absolute Gasteiger partial charge is 0.484 e. The molecule has 5 aromatic rings. The van der Waals surface area contributed by atoms with Gasteiger partial charge in [0.05, 0.1) is 18.7 Å². The van der Waals surface area contributed by atoms with Gasteiger partial charge in [0, 0.05) is 82.2 Å². The Morgan fingerprint density at radius 2 is 1.56 bits per heavy atom. The van der Waals surface area contributed by atoms with E-state index in [2.05, 4.69) is 74.4 Å². The summed E-state index contributed by atoms with van der Waals surface area (Å²) in [7, 11) is 0. The summed E-state index contributed by atoms with van der Waals surface area (Å²) in [6.45, 7) is 9.04. The van der Waals surface area contributed by atoms with E-state index in [0.717, 1.165) is 99.6 Å². The number of nitrogens with zero attached hydrogens (tertiary/aromatic N) is 8. The number of carbonyl (C=O) groups is 4. The van der Waals surface area contributed by atoms with E-state index in [0.29, 0.717) is 43.9 Å². The fraction of sp³-hybridized carbons (Fsp3) is 0.426. The van der Waals surface area contributed by atoms with Crippen molar-refractivity contribution in [3.63, 3.8) is 0 Å². The van der Waals surface area contributed by atoms with Gasteiger partial charge in [-0.2, -0.15) is 0 Å². The van der Waals surface area contributed by atoms with Crippen LogP contribution in [0.4, 0.5) is 17.2 Å². The van der Waals surface area contributed by atoms with Crippen molar-refractivity contribution in [2.45, 2.75) is 56.5 Å². The van der Waals surface area contributed by atoms with Crippen LogP contribution >= 0.6 is 0 Å². The lowest BCUT2D eigenvalue weighted by Gasteiger charge is -2.37. The molecule has 4 amide bonds. The molecule has 3 N–H and O–H groups in total. The van der Waals surface area contributed by atoms with Gasteiger partial charge in [-0.15, -0.1) is 0 Å². The van der Waals surface area contributed by atoms with Crippen molar-refractivity contribution in [1.82, 2.24) is 44.9 Å². The minimum Gasteiger partial charge on any atom is -0.484 e. The number of anilines is 3. The third-order valence-corrected chi connectivity index (χ3v) is 12.8. The maximum atomic E-state index is 13.0. The lowest BCUT2D eigenvalue weighted by Crippen LogP contribution is -2.50. The van der Waals surface area contributed by atoms with Gasteiger partial charge in [0.1, 0.15) is 12.1 Å². The predicted octanol–water partition coefficient (Wildman–Crippen LogP) is 3.89. The van der Waals surface area contributed by atoms with Crippen LogP contribution < -0.4 is 25.6 Å². The minimum absolute atomic E-state index is 0.0387. The molecule has 0 unspecified atom stereocenters. The molecule has 328 valence electrons. The number of aromatic nitrogens is 4. The summed E-state index contributed by atoms with van der Waals surface area (Å²) in [4.78, 5) is 72.4. The number of piperidine rings is 1. The SMILES string of the molecule is O=C1CC[C@@H](c2cccc(OCC(=O)N3CCN(CCCN4CCN(c5ccc(Nc6ncnc7c6ncn7C6CC(NC(=O)Cc7ccccc7)C6)cc5)CC4)CC3)c2)C(=O)N1. The molecule has 5 heterocycles. The summed E-state index contributed by atoms with van der Waals surface area (Å²) in [5.74, 6) is 0.305. The summed E-state index contributed by atoms with van der Waals surface area (Å²) in [5.41, 5.74) is 5.45. The van der Waals surface area contributed by atoms with Crippen molar-refractivity contribution in [2.75, 3.05) is 82.3 Å². The maximum Gasteiger partial charge on any atom is 0.260 e. The molecule has 16 heteroatoms. The van der Waals surface area contributed by atoms with Crippen LogP contribution in [-0.2, 0) is 25.6 Å². The molecule has 4 aliphatic rings. The summed E-state index contributed by atoms with van der Waals surface area (Å²) in [5, 5.41) is 9.03.